The first kappa shape index (κ1) is 14.1. The molecule has 0 fully saturated rings. The van der Waals surface area contributed by atoms with E-state index in [1.165, 1.54) is 6.07 Å². The number of nitrogens with two attached hydrogens (primary N) is 1. The molecule has 1 aromatic rings. The van der Waals surface area contributed by atoms with E-state index in [1.807, 2.05) is 13.1 Å². The number of rotatable bonds is 6. The van der Waals surface area contributed by atoms with Gasteiger partial charge in [-0.2, -0.15) is 0 Å². The molecule has 0 saturated carbocycles. The second-order valence-corrected chi connectivity index (χ2v) is 4.52. The van der Waals surface area contributed by atoms with Crippen LogP contribution in [0.5, 0.6) is 0 Å². The first-order chi connectivity index (χ1) is 8.12. The van der Waals surface area contributed by atoms with E-state index in [9.17, 15) is 4.39 Å². The molecule has 0 atom stereocenters. The van der Waals surface area contributed by atoms with Gasteiger partial charge in [-0.05, 0) is 31.5 Å². The van der Waals surface area contributed by atoms with Crippen LogP contribution in [0.2, 0.25) is 0 Å². The van der Waals surface area contributed by atoms with E-state index in [1.54, 1.807) is 6.07 Å². The lowest BCUT2D eigenvalue weighted by Gasteiger charge is -2.26. The van der Waals surface area contributed by atoms with Crippen molar-refractivity contribution >= 4 is 0 Å². The fraction of sp³-hybridized carbons (Fsp3) is 0.571. The maximum absolute atomic E-state index is 13.7. The van der Waals surface area contributed by atoms with Crippen molar-refractivity contribution in [3.63, 3.8) is 0 Å². The summed E-state index contributed by atoms with van der Waals surface area (Å²) in [6.07, 6.45) is 2.18. The summed E-state index contributed by atoms with van der Waals surface area (Å²) in [7, 11) is 2.05. The third kappa shape index (κ3) is 3.79. The number of hydrogen-bond acceptors (Lipinski definition) is 2. The van der Waals surface area contributed by atoms with Gasteiger partial charge in [0.05, 0.1) is 0 Å². The average Bonchev–Trinajstić information content (AvgIpc) is 2.33. The number of benzene rings is 1. The lowest BCUT2D eigenvalue weighted by molar-refractivity contribution is 0.219. The van der Waals surface area contributed by atoms with Crippen molar-refractivity contribution in [2.75, 3.05) is 7.05 Å². The standard InChI is InChI=1S/C14H23FN2/c1-4-13(5-2)17(3)10-12-8-11(9-16)6-7-14(12)15/h6-8,13H,4-5,9-10,16H2,1-3H3. The Hall–Kier alpha value is -0.930. The molecule has 0 aliphatic carbocycles. The predicted octanol–water partition coefficient (Wildman–Crippen LogP) is 2.90. The molecule has 0 bridgehead atoms. The molecular formula is C14H23FN2. The zero-order valence-electron chi connectivity index (χ0n) is 11.0. The van der Waals surface area contributed by atoms with Gasteiger partial charge in [0.25, 0.3) is 0 Å². The number of hydrogen-bond donors (Lipinski definition) is 1. The molecule has 2 nitrogen and oxygen atoms in total. The highest BCUT2D eigenvalue weighted by Gasteiger charge is 2.13. The van der Waals surface area contributed by atoms with Crippen molar-refractivity contribution in [1.82, 2.24) is 4.90 Å². The van der Waals surface area contributed by atoms with Crippen LogP contribution in [0.15, 0.2) is 18.2 Å². The Morgan fingerprint density at radius 2 is 1.94 bits per heavy atom. The van der Waals surface area contributed by atoms with Crippen molar-refractivity contribution in [1.29, 1.82) is 0 Å². The Bertz CT molecular complexity index is 348. The van der Waals surface area contributed by atoms with Gasteiger partial charge < -0.3 is 5.73 Å². The maximum atomic E-state index is 13.7. The largest absolute Gasteiger partial charge is 0.326 e. The highest BCUT2D eigenvalue weighted by molar-refractivity contribution is 5.25. The Labute approximate surface area is 104 Å². The number of nitrogens with zero attached hydrogens (tertiary/aromatic N) is 1. The second kappa shape index (κ2) is 6.72. The van der Waals surface area contributed by atoms with Crippen molar-refractivity contribution in [3.8, 4) is 0 Å². The van der Waals surface area contributed by atoms with Crippen LogP contribution in [0.4, 0.5) is 4.39 Å². The van der Waals surface area contributed by atoms with E-state index in [0.717, 1.165) is 24.0 Å². The molecule has 0 aliphatic rings. The van der Waals surface area contributed by atoms with Crippen molar-refractivity contribution < 1.29 is 4.39 Å². The quantitative estimate of drug-likeness (QED) is 0.825. The van der Waals surface area contributed by atoms with Crippen LogP contribution in [-0.4, -0.2) is 18.0 Å². The van der Waals surface area contributed by atoms with Gasteiger partial charge in [-0.3, -0.25) is 4.90 Å². The molecule has 0 heterocycles. The molecular weight excluding hydrogens is 215 g/mol. The summed E-state index contributed by atoms with van der Waals surface area (Å²) in [5.41, 5.74) is 7.30. The SMILES string of the molecule is CCC(CC)N(C)Cc1cc(CN)ccc1F. The van der Waals surface area contributed by atoms with E-state index >= 15 is 0 Å². The van der Waals surface area contributed by atoms with Crippen molar-refractivity contribution in [2.45, 2.75) is 45.8 Å². The van der Waals surface area contributed by atoms with Gasteiger partial charge in [0.2, 0.25) is 0 Å². The molecule has 1 aromatic carbocycles. The lowest BCUT2D eigenvalue weighted by Crippen LogP contribution is -2.30. The van der Waals surface area contributed by atoms with Gasteiger partial charge in [-0.15, -0.1) is 0 Å². The highest BCUT2D eigenvalue weighted by atomic mass is 19.1. The Morgan fingerprint density at radius 1 is 1.29 bits per heavy atom. The van der Waals surface area contributed by atoms with E-state index in [4.69, 9.17) is 5.73 Å². The van der Waals surface area contributed by atoms with Gasteiger partial charge >= 0.3 is 0 Å². The molecule has 96 valence electrons. The summed E-state index contributed by atoms with van der Waals surface area (Å²) in [4.78, 5) is 2.21. The molecule has 3 heteroatoms. The first-order valence-corrected chi connectivity index (χ1v) is 6.29. The molecule has 2 N–H and O–H groups in total. The Balaban J connectivity index is 2.79. The number of halogens is 1. The molecule has 0 aliphatic heterocycles. The monoisotopic (exact) mass is 238 g/mol. The summed E-state index contributed by atoms with van der Waals surface area (Å²) >= 11 is 0. The van der Waals surface area contributed by atoms with Crippen LogP contribution in [0.1, 0.15) is 37.8 Å². The molecule has 0 amide bonds. The lowest BCUT2D eigenvalue weighted by atomic mass is 10.1. The zero-order chi connectivity index (χ0) is 12.8. The van der Waals surface area contributed by atoms with Crippen LogP contribution in [0.25, 0.3) is 0 Å². The third-order valence-corrected chi connectivity index (χ3v) is 3.33. The van der Waals surface area contributed by atoms with Gasteiger partial charge in [-0.25, -0.2) is 4.39 Å². The smallest absolute Gasteiger partial charge is 0.127 e. The van der Waals surface area contributed by atoms with Crippen LogP contribution in [-0.2, 0) is 13.1 Å². The summed E-state index contributed by atoms with van der Waals surface area (Å²) in [6.45, 7) is 5.43. The van der Waals surface area contributed by atoms with E-state index < -0.39 is 0 Å². The van der Waals surface area contributed by atoms with Gasteiger partial charge in [-0.1, -0.05) is 26.0 Å². The minimum atomic E-state index is -0.139. The van der Waals surface area contributed by atoms with Crippen LogP contribution in [0.3, 0.4) is 0 Å². The predicted molar refractivity (Wildman–Crippen MR) is 70.1 cm³/mol. The van der Waals surface area contributed by atoms with Crippen LogP contribution >= 0.6 is 0 Å². The normalized spacial score (nSPS) is 11.5. The molecule has 0 radical (unpaired) electrons. The van der Waals surface area contributed by atoms with Crippen molar-refractivity contribution in [3.05, 3.63) is 35.1 Å². The fourth-order valence-corrected chi connectivity index (χ4v) is 2.19. The summed E-state index contributed by atoms with van der Waals surface area (Å²) in [5, 5.41) is 0. The van der Waals surface area contributed by atoms with Gasteiger partial charge in [0.15, 0.2) is 0 Å². The average molecular weight is 238 g/mol. The summed E-state index contributed by atoms with van der Waals surface area (Å²) in [5.74, 6) is -0.139. The summed E-state index contributed by atoms with van der Waals surface area (Å²) < 4.78 is 13.7. The molecule has 0 saturated heterocycles. The maximum Gasteiger partial charge on any atom is 0.127 e. The van der Waals surface area contributed by atoms with Gasteiger partial charge in [0.1, 0.15) is 5.82 Å². The Morgan fingerprint density at radius 3 is 2.47 bits per heavy atom. The topological polar surface area (TPSA) is 29.3 Å². The van der Waals surface area contributed by atoms with Crippen LogP contribution in [0, 0.1) is 5.82 Å². The highest BCUT2D eigenvalue weighted by Crippen LogP contribution is 2.15. The van der Waals surface area contributed by atoms with E-state index in [2.05, 4.69) is 18.7 Å². The van der Waals surface area contributed by atoms with Gasteiger partial charge in [0, 0.05) is 24.7 Å². The first-order valence-electron chi connectivity index (χ1n) is 6.29. The van der Waals surface area contributed by atoms with Crippen LogP contribution < -0.4 is 5.73 Å². The molecule has 17 heavy (non-hydrogen) atoms. The fourth-order valence-electron chi connectivity index (χ4n) is 2.19. The summed E-state index contributed by atoms with van der Waals surface area (Å²) in [6, 6.07) is 5.64. The zero-order valence-corrected chi connectivity index (χ0v) is 11.0. The Kier molecular flexibility index (Phi) is 5.59. The van der Waals surface area contributed by atoms with E-state index in [0.29, 0.717) is 19.1 Å². The third-order valence-electron chi connectivity index (χ3n) is 3.33. The van der Waals surface area contributed by atoms with Crippen molar-refractivity contribution in [2.24, 2.45) is 5.73 Å². The van der Waals surface area contributed by atoms with E-state index in [-0.39, 0.29) is 5.82 Å². The molecule has 1 rings (SSSR count). The molecule has 0 aromatic heterocycles. The minimum absolute atomic E-state index is 0.139. The molecule has 0 spiro atoms. The second-order valence-electron chi connectivity index (χ2n) is 4.52. The molecule has 0 unspecified atom stereocenters. The minimum Gasteiger partial charge on any atom is -0.326 e.